The second-order valence-corrected chi connectivity index (χ2v) is 17.8. The first-order valence-electron chi connectivity index (χ1n) is 21.3. The minimum atomic E-state index is -0.327. The van der Waals surface area contributed by atoms with Gasteiger partial charge in [0.25, 0.3) is 0 Å². The predicted molar refractivity (Wildman–Crippen MR) is 213 cm³/mol. The Balaban J connectivity index is 1.13. The third-order valence-corrected chi connectivity index (χ3v) is 13.9. The van der Waals surface area contributed by atoms with Crippen molar-refractivity contribution >= 4 is 5.97 Å². The van der Waals surface area contributed by atoms with Gasteiger partial charge in [0.1, 0.15) is 6.10 Å². The van der Waals surface area contributed by atoms with Crippen molar-refractivity contribution in [3.63, 3.8) is 0 Å². The summed E-state index contributed by atoms with van der Waals surface area (Å²) in [6.07, 6.45) is 41.8. The fraction of sp³-hybridized carbons (Fsp3) is 0.766. The van der Waals surface area contributed by atoms with E-state index in [4.69, 9.17) is 4.74 Å². The number of hydrogen-bond acceptors (Lipinski definition) is 3. The molecule has 3 nitrogen and oxygen atoms in total. The molecule has 50 heavy (non-hydrogen) atoms. The van der Waals surface area contributed by atoms with Crippen LogP contribution >= 0.6 is 0 Å². The van der Waals surface area contributed by atoms with Gasteiger partial charge in [-0.3, -0.25) is 4.79 Å². The van der Waals surface area contributed by atoms with Crippen molar-refractivity contribution in [1.29, 1.82) is 0 Å². The lowest BCUT2D eigenvalue weighted by atomic mass is 9.47. The van der Waals surface area contributed by atoms with Crippen molar-refractivity contribution in [3.05, 3.63) is 60.3 Å². The second kappa shape index (κ2) is 20.4. The van der Waals surface area contributed by atoms with Crippen LogP contribution in [0.4, 0.5) is 0 Å². The Morgan fingerprint density at radius 1 is 0.880 bits per heavy atom. The summed E-state index contributed by atoms with van der Waals surface area (Å²) in [6.45, 7) is 14.8. The van der Waals surface area contributed by atoms with E-state index in [1.54, 1.807) is 5.57 Å². The lowest BCUT2D eigenvalue weighted by Gasteiger charge is -2.58. The van der Waals surface area contributed by atoms with Gasteiger partial charge in [0, 0.05) is 12.8 Å². The van der Waals surface area contributed by atoms with E-state index in [2.05, 4.69) is 78.0 Å². The second-order valence-electron chi connectivity index (χ2n) is 17.8. The number of fused-ring (bicyclic) bond motifs is 5. The number of carbonyl (C=O) groups excluding carboxylic acids is 1. The van der Waals surface area contributed by atoms with Crippen molar-refractivity contribution < 1.29 is 14.6 Å². The Bertz CT molecular complexity index is 1170. The van der Waals surface area contributed by atoms with Crippen LogP contribution in [0.5, 0.6) is 0 Å². The number of aliphatic hydroxyl groups is 1. The van der Waals surface area contributed by atoms with Gasteiger partial charge in [-0.05, 0) is 123 Å². The largest absolute Gasteiger partial charge is 0.462 e. The predicted octanol–water partition coefficient (Wildman–Crippen LogP) is 13.1. The van der Waals surface area contributed by atoms with E-state index in [-0.39, 0.29) is 18.2 Å². The molecule has 3 fully saturated rings. The van der Waals surface area contributed by atoms with E-state index in [9.17, 15) is 9.90 Å². The Labute approximate surface area is 308 Å². The molecule has 0 radical (unpaired) electrons. The van der Waals surface area contributed by atoms with Crippen LogP contribution in [-0.4, -0.2) is 23.3 Å². The molecule has 0 aliphatic heterocycles. The molecule has 4 aliphatic rings. The summed E-state index contributed by atoms with van der Waals surface area (Å²) in [5.41, 5.74) is 2.45. The van der Waals surface area contributed by atoms with Crippen molar-refractivity contribution in [2.45, 2.75) is 182 Å². The minimum Gasteiger partial charge on any atom is -0.462 e. The van der Waals surface area contributed by atoms with Gasteiger partial charge >= 0.3 is 5.97 Å². The molecule has 0 saturated heterocycles. The van der Waals surface area contributed by atoms with Crippen molar-refractivity contribution in [3.8, 4) is 0 Å². The average Bonchev–Trinajstić information content (AvgIpc) is 3.44. The van der Waals surface area contributed by atoms with E-state index in [1.165, 1.54) is 70.6 Å². The number of carbonyl (C=O) groups is 1. The highest BCUT2D eigenvalue weighted by molar-refractivity contribution is 5.69. The van der Waals surface area contributed by atoms with Crippen molar-refractivity contribution in [2.24, 2.45) is 46.3 Å². The highest BCUT2D eigenvalue weighted by atomic mass is 16.5. The number of unbranched alkanes of at least 4 members (excludes halogenated alkanes) is 3. The zero-order valence-electron chi connectivity index (χ0n) is 33.2. The SMILES string of the molecule is CCCCC[C@H](O)/C=C/C=C\C/C=C\C/C=C\CCCC(=O)O[C@H]1CC[C@@]2(C)C(=CC[C@H]3[C@@H]4CC[C@H]([C@H](C)CCCC(C)C)[C@@]4(C)CC[C@@H]32)C1. The zero-order chi connectivity index (χ0) is 36.0. The molecular weight excluding hydrogens is 613 g/mol. The molecule has 282 valence electrons. The Morgan fingerprint density at radius 2 is 1.66 bits per heavy atom. The monoisotopic (exact) mass is 689 g/mol. The van der Waals surface area contributed by atoms with E-state index in [0.717, 1.165) is 86.9 Å². The molecule has 4 rings (SSSR count). The van der Waals surface area contributed by atoms with E-state index in [0.29, 0.717) is 17.3 Å². The highest BCUT2D eigenvalue weighted by Gasteiger charge is 2.59. The minimum absolute atomic E-state index is 0.0107. The van der Waals surface area contributed by atoms with Gasteiger partial charge in [-0.1, -0.05) is 140 Å². The number of ether oxygens (including phenoxy) is 1. The highest BCUT2D eigenvalue weighted by Crippen LogP contribution is 2.67. The van der Waals surface area contributed by atoms with Crippen LogP contribution in [0.1, 0.15) is 170 Å². The first-order valence-corrected chi connectivity index (χ1v) is 21.3. The topological polar surface area (TPSA) is 46.5 Å². The van der Waals surface area contributed by atoms with Crippen molar-refractivity contribution in [2.75, 3.05) is 0 Å². The van der Waals surface area contributed by atoms with Crippen LogP contribution in [-0.2, 0) is 9.53 Å². The van der Waals surface area contributed by atoms with Gasteiger partial charge in [0.2, 0.25) is 0 Å². The van der Waals surface area contributed by atoms with Gasteiger partial charge in [0.15, 0.2) is 0 Å². The van der Waals surface area contributed by atoms with Gasteiger partial charge in [-0.15, -0.1) is 0 Å². The van der Waals surface area contributed by atoms with Crippen LogP contribution in [0.15, 0.2) is 60.3 Å². The lowest BCUT2D eigenvalue weighted by molar-refractivity contribution is -0.151. The number of aliphatic hydroxyl groups excluding tert-OH is 1. The molecule has 0 amide bonds. The van der Waals surface area contributed by atoms with Crippen LogP contribution in [0.25, 0.3) is 0 Å². The molecule has 0 bridgehead atoms. The summed E-state index contributed by atoms with van der Waals surface area (Å²) in [5.74, 6) is 5.15. The fourth-order valence-corrected chi connectivity index (χ4v) is 11.0. The molecule has 4 aliphatic carbocycles. The normalized spacial score (nSPS) is 32.5. The third-order valence-electron chi connectivity index (χ3n) is 13.9. The summed E-state index contributed by atoms with van der Waals surface area (Å²) in [4.78, 5) is 12.8. The molecule has 1 N–H and O–H groups in total. The van der Waals surface area contributed by atoms with Crippen LogP contribution in [0.3, 0.4) is 0 Å². The zero-order valence-corrected chi connectivity index (χ0v) is 33.2. The number of hydrogen-bond donors (Lipinski definition) is 1. The lowest BCUT2D eigenvalue weighted by Crippen LogP contribution is -2.51. The fourth-order valence-electron chi connectivity index (χ4n) is 11.0. The Morgan fingerprint density at radius 3 is 2.44 bits per heavy atom. The van der Waals surface area contributed by atoms with E-state index in [1.807, 2.05) is 18.2 Å². The summed E-state index contributed by atoms with van der Waals surface area (Å²) in [5, 5.41) is 9.92. The smallest absolute Gasteiger partial charge is 0.306 e. The van der Waals surface area contributed by atoms with Gasteiger partial charge in [-0.2, -0.15) is 0 Å². The molecular formula is C47H76O3. The quantitative estimate of drug-likeness (QED) is 0.0599. The molecule has 3 heteroatoms. The van der Waals surface area contributed by atoms with Gasteiger partial charge < -0.3 is 9.84 Å². The number of esters is 1. The number of allylic oxidation sites excluding steroid dienone is 8. The standard InChI is InChI=1S/C47H76O3/c1-7-8-18-24-39(48)25-19-16-14-12-10-9-11-13-15-17-20-26-45(49)50-40-31-33-46(5)38(35-40)27-28-41-43-30-29-42(37(4)23-21-22-36(2)3)47(43,6)34-32-44(41)46/h9-10,13-16,19,25,27,36-37,39-44,48H,7-8,11-12,17-18,20-24,26,28-35H2,1-6H3/b10-9-,15-13-,16-14-,25-19+/t37-,39+,40+,41+,42-,43+,44+,46+,47-/m1/s1. The molecule has 0 unspecified atom stereocenters. The molecule has 0 aromatic heterocycles. The molecule has 9 atom stereocenters. The third kappa shape index (κ3) is 11.3. The average molecular weight is 689 g/mol. The van der Waals surface area contributed by atoms with Gasteiger partial charge in [0.05, 0.1) is 6.10 Å². The molecule has 0 aromatic carbocycles. The maximum atomic E-state index is 12.8. The van der Waals surface area contributed by atoms with Gasteiger partial charge in [-0.25, -0.2) is 0 Å². The summed E-state index contributed by atoms with van der Waals surface area (Å²) >= 11 is 0. The Hall–Kier alpha value is -1.87. The maximum absolute atomic E-state index is 12.8. The molecule has 0 aromatic rings. The summed E-state index contributed by atoms with van der Waals surface area (Å²) < 4.78 is 6.09. The van der Waals surface area contributed by atoms with Crippen molar-refractivity contribution in [1.82, 2.24) is 0 Å². The van der Waals surface area contributed by atoms with Crippen LogP contribution < -0.4 is 0 Å². The van der Waals surface area contributed by atoms with Crippen LogP contribution in [0, 0.1) is 46.3 Å². The first-order chi connectivity index (χ1) is 24.1. The maximum Gasteiger partial charge on any atom is 0.306 e. The summed E-state index contributed by atoms with van der Waals surface area (Å²) in [7, 11) is 0. The van der Waals surface area contributed by atoms with Crippen LogP contribution in [0.2, 0.25) is 0 Å². The first kappa shape index (κ1) is 40.9. The van der Waals surface area contributed by atoms with E-state index >= 15 is 0 Å². The molecule has 0 spiro atoms. The Kier molecular flexibility index (Phi) is 16.7. The van der Waals surface area contributed by atoms with E-state index < -0.39 is 0 Å². The molecule has 3 saturated carbocycles. The number of rotatable bonds is 20. The molecule has 0 heterocycles. The summed E-state index contributed by atoms with van der Waals surface area (Å²) in [6, 6.07) is 0.